The molecule has 0 amide bonds. The molecular formula is C19H31NO. The summed E-state index contributed by atoms with van der Waals surface area (Å²) in [5, 5.41) is 10.0. The first kappa shape index (κ1) is 14.3. The largest absolute Gasteiger partial charge is 0.393 e. The van der Waals surface area contributed by atoms with Gasteiger partial charge in [-0.1, -0.05) is 25.5 Å². The van der Waals surface area contributed by atoms with Crippen LogP contribution in [0.25, 0.3) is 0 Å². The number of aliphatic hydroxyl groups excluding tert-OH is 1. The molecule has 0 saturated heterocycles. The quantitative estimate of drug-likeness (QED) is 0.669. The molecular weight excluding hydrogens is 258 g/mol. The van der Waals surface area contributed by atoms with Gasteiger partial charge < -0.3 is 10.8 Å². The van der Waals surface area contributed by atoms with E-state index in [0.29, 0.717) is 16.9 Å². The molecule has 3 saturated carbocycles. The van der Waals surface area contributed by atoms with Crippen molar-refractivity contribution in [3.8, 4) is 0 Å². The highest BCUT2D eigenvalue weighted by Crippen LogP contribution is 2.64. The van der Waals surface area contributed by atoms with Gasteiger partial charge in [-0.2, -0.15) is 0 Å². The summed E-state index contributed by atoms with van der Waals surface area (Å²) < 4.78 is 0. The molecule has 4 aliphatic carbocycles. The van der Waals surface area contributed by atoms with E-state index in [1.807, 2.05) is 0 Å². The number of hydrogen-bond donors (Lipinski definition) is 2. The number of nitrogens with two attached hydrogens (primary N) is 1. The molecule has 0 aromatic rings. The lowest BCUT2D eigenvalue weighted by Gasteiger charge is -2.57. The lowest BCUT2D eigenvalue weighted by Crippen LogP contribution is -2.52. The van der Waals surface area contributed by atoms with Gasteiger partial charge in [-0.15, -0.1) is 0 Å². The molecule has 4 rings (SSSR count). The molecule has 3 fully saturated rings. The predicted octanol–water partition coefficient (Wildman–Crippen LogP) is 3.64. The van der Waals surface area contributed by atoms with Crippen molar-refractivity contribution in [3.63, 3.8) is 0 Å². The number of aliphatic hydroxyl groups is 1. The zero-order chi connectivity index (χ0) is 14.8. The molecule has 0 radical (unpaired) electrons. The Labute approximate surface area is 129 Å². The van der Waals surface area contributed by atoms with Gasteiger partial charge in [-0.3, -0.25) is 0 Å². The van der Waals surface area contributed by atoms with Crippen LogP contribution in [0.5, 0.6) is 0 Å². The van der Waals surface area contributed by atoms with Crippen LogP contribution in [0.15, 0.2) is 11.6 Å². The van der Waals surface area contributed by atoms with Crippen molar-refractivity contribution in [2.45, 2.75) is 77.4 Å². The molecule has 0 spiro atoms. The van der Waals surface area contributed by atoms with Crippen molar-refractivity contribution in [3.05, 3.63) is 11.6 Å². The van der Waals surface area contributed by atoms with Crippen molar-refractivity contribution >= 4 is 0 Å². The third-order valence-electron chi connectivity index (χ3n) is 8.15. The van der Waals surface area contributed by atoms with E-state index < -0.39 is 0 Å². The molecule has 7 atom stereocenters. The van der Waals surface area contributed by atoms with E-state index in [4.69, 9.17) is 5.73 Å². The Morgan fingerprint density at radius 1 is 1.10 bits per heavy atom. The summed E-state index contributed by atoms with van der Waals surface area (Å²) in [6, 6.07) is 0.426. The predicted molar refractivity (Wildman–Crippen MR) is 85.7 cm³/mol. The van der Waals surface area contributed by atoms with E-state index in [-0.39, 0.29) is 6.10 Å². The molecule has 3 N–H and O–H groups in total. The lowest BCUT2D eigenvalue weighted by atomic mass is 9.48. The normalized spacial score (nSPS) is 56.2. The molecule has 0 aromatic heterocycles. The van der Waals surface area contributed by atoms with Crippen molar-refractivity contribution in [1.82, 2.24) is 0 Å². The van der Waals surface area contributed by atoms with Crippen LogP contribution in [0.2, 0.25) is 0 Å². The van der Waals surface area contributed by atoms with Crippen LogP contribution in [0, 0.1) is 28.6 Å². The maximum Gasteiger partial charge on any atom is 0.0577 e. The Kier molecular flexibility index (Phi) is 3.11. The van der Waals surface area contributed by atoms with Crippen LogP contribution in [0.4, 0.5) is 0 Å². The van der Waals surface area contributed by atoms with E-state index in [0.717, 1.165) is 30.6 Å². The van der Waals surface area contributed by atoms with Crippen LogP contribution in [-0.4, -0.2) is 17.3 Å². The summed E-state index contributed by atoms with van der Waals surface area (Å²) in [7, 11) is 0. The fraction of sp³-hybridized carbons (Fsp3) is 0.895. The van der Waals surface area contributed by atoms with Crippen LogP contribution in [-0.2, 0) is 0 Å². The van der Waals surface area contributed by atoms with Gasteiger partial charge in [0.1, 0.15) is 0 Å². The van der Waals surface area contributed by atoms with Crippen LogP contribution < -0.4 is 5.73 Å². The van der Waals surface area contributed by atoms with Gasteiger partial charge in [0.25, 0.3) is 0 Å². The summed E-state index contributed by atoms with van der Waals surface area (Å²) in [5.74, 6) is 2.53. The third kappa shape index (κ3) is 1.84. The Morgan fingerprint density at radius 2 is 1.90 bits per heavy atom. The molecule has 0 unspecified atom stereocenters. The molecule has 0 heterocycles. The van der Waals surface area contributed by atoms with Crippen molar-refractivity contribution in [2.24, 2.45) is 34.3 Å². The van der Waals surface area contributed by atoms with E-state index in [2.05, 4.69) is 19.9 Å². The maximum absolute atomic E-state index is 10.0. The van der Waals surface area contributed by atoms with E-state index in [1.165, 1.54) is 38.5 Å². The fourth-order valence-corrected chi connectivity index (χ4v) is 6.68. The molecule has 4 aliphatic rings. The highest BCUT2D eigenvalue weighted by atomic mass is 16.3. The summed E-state index contributed by atoms with van der Waals surface area (Å²) >= 11 is 0. The highest BCUT2D eigenvalue weighted by Gasteiger charge is 2.57. The second-order valence-corrected chi connectivity index (χ2v) is 8.88. The molecule has 2 heteroatoms. The van der Waals surface area contributed by atoms with E-state index in [1.54, 1.807) is 5.57 Å². The Morgan fingerprint density at radius 3 is 2.71 bits per heavy atom. The Hall–Kier alpha value is -0.340. The molecule has 118 valence electrons. The Balaban J connectivity index is 1.68. The van der Waals surface area contributed by atoms with Gasteiger partial charge >= 0.3 is 0 Å². The first-order chi connectivity index (χ1) is 9.95. The first-order valence-corrected chi connectivity index (χ1v) is 9.08. The van der Waals surface area contributed by atoms with Gasteiger partial charge in [0.05, 0.1) is 6.10 Å². The SMILES string of the molecule is C[C@@]12CC[C@H]3[C@H](CC=C4C[C@@H](O)CC[C@@]43C)[C@@H]1CC[C@@H]2N. The second kappa shape index (κ2) is 4.58. The van der Waals surface area contributed by atoms with Crippen LogP contribution >= 0.6 is 0 Å². The van der Waals surface area contributed by atoms with Crippen molar-refractivity contribution < 1.29 is 5.11 Å². The maximum atomic E-state index is 10.0. The van der Waals surface area contributed by atoms with E-state index >= 15 is 0 Å². The van der Waals surface area contributed by atoms with Gasteiger partial charge in [0.2, 0.25) is 0 Å². The fourth-order valence-electron chi connectivity index (χ4n) is 6.68. The molecule has 21 heavy (non-hydrogen) atoms. The average molecular weight is 289 g/mol. The summed E-state index contributed by atoms with van der Waals surface area (Å²) in [4.78, 5) is 0. The average Bonchev–Trinajstić information content (AvgIpc) is 2.76. The number of allylic oxidation sites excluding steroid dienone is 1. The van der Waals surface area contributed by atoms with Crippen LogP contribution in [0.3, 0.4) is 0 Å². The summed E-state index contributed by atoms with van der Waals surface area (Å²) in [6.07, 6.45) is 12.1. The zero-order valence-electron chi connectivity index (χ0n) is 13.6. The number of fused-ring (bicyclic) bond motifs is 5. The standard InChI is InChI=1S/C19H31NO/c1-18-9-7-13(21)11-12(18)3-4-14-15-5-6-17(20)19(15,2)10-8-16(14)18/h3,13-17,21H,4-11,20H2,1-2H3/t13-,14+,15-,16-,17-,18-,19+/m0/s1. The van der Waals surface area contributed by atoms with Crippen LogP contribution in [0.1, 0.15) is 65.2 Å². The number of rotatable bonds is 0. The summed E-state index contributed by atoms with van der Waals surface area (Å²) in [6.45, 7) is 4.97. The first-order valence-electron chi connectivity index (χ1n) is 9.08. The second-order valence-electron chi connectivity index (χ2n) is 8.88. The van der Waals surface area contributed by atoms with Crippen molar-refractivity contribution in [2.75, 3.05) is 0 Å². The van der Waals surface area contributed by atoms with Gasteiger partial charge in [0.15, 0.2) is 0 Å². The third-order valence-corrected chi connectivity index (χ3v) is 8.15. The molecule has 0 bridgehead atoms. The zero-order valence-corrected chi connectivity index (χ0v) is 13.6. The van der Waals surface area contributed by atoms with Crippen molar-refractivity contribution in [1.29, 1.82) is 0 Å². The van der Waals surface area contributed by atoms with Gasteiger partial charge in [-0.25, -0.2) is 0 Å². The highest BCUT2D eigenvalue weighted by molar-refractivity contribution is 5.25. The van der Waals surface area contributed by atoms with E-state index in [9.17, 15) is 5.11 Å². The topological polar surface area (TPSA) is 46.2 Å². The minimum absolute atomic E-state index is 0.0883. The molecule has 0 aliphatic heterocycles. The monoisotopic (exact) mass is 289 g/mol. The van der Waals surface area contributed by atoms with Gasteiger partial charge in [-0.05, 0) is 80.0 Å². The smallest absolute Gasteiger partial charge is 0.0577 e. The minimum atomic E-state index is -0.0883. The molecule has 0 aromatic carbocycles. The Bertz CT molecular complexity index is 472. The number of hydrogen-bond acceptors (Lipinski definition) is 2. The summed E-state index contributed by atoms with van der Waals surface area (Å²) in [5.41, 5.74) is 8.83. The van der Waals surface area contributed by atoms with Gasteiger partial charge in [0, 0.05) is 6.04 Å². The lowest BCUT2D eigenvalue weighted by molar-refractivity contribution is -0.0401. The molecule has 2 nitrogen and oxygen atoms in total. The minimum Gasteiger partial charge on any atom is -0.393 e.